The standard InChI is InChI=1S/C17H18N4O5S/c1-3-11(22)18-13-12(19-14(23)10-7-5-4-6-8-10)15(24)21-17(20-13)27-9(2)16(25)26/h4-9H,3H2,1-2H3,(H,19,23)(H,25,26)(H2,18,20,21,22,24)/p-1/t9-/m1/s1. The first-order valence-corrected chi connectivity index (χ1v) is 8.87. The SMILES string of the molecule is CCC(=O)Nc1nc(S[C@H](C)C(=O)[O-])[nH]c(=O)c1NC(=O)c1ccccc1. The van der Waals surface area contributed by atoms with E-state index in [2.05, 4.69) is 20.6 Å². The molecule has 0 aliphatic carbocycles. The molecule has 0 radical (unpaired) electrons. The van der Waals surface area contributed by atoms with Crippen LogP contribution in [0, 0.1) is 0 Å². The Labute approximate surface area is 158 Å². The first-order valence-electron chi connectivity index (χ1n) is 8.00. The van der Waals surface area contributed by atoms with Gasteiger partial charge in [-0.2, -0.15) is 0 Å². The summed E-state index contributed by atoms with van der Waals surface area (Å²) in [5.74, 6) is -2.48. The van der Waals surface area contributed by atoms with E-state index in [-0.39, 0.29) is 23.1 Å². The van der Waals surface area contributed by atoms with Crippen LogP contribution in [0.2, 0.25) is 0 Å². The summed E-state index contributed by atoms with van der Waals surface area (Å²) in [6.45, 7) is 2.98. The zero-order chi connectivity index (χ0) is 20.0. The Morgan fingerprint density at radius 2 is 1.89 bits per heavy atom. The molecule has 1 aromatic carbocycles. The van der Waals surface area contributed by atoms with Crippen LogP contribution in [0.25, 0.3) is 0 Å². The number of amides is 2. The van der Waals surface area contributed by atoms with Crippen molar-refractivity contribution in [2.24, 2.45) is 0 Å². The van der Waals surface area contributed by atoms with Gasteiger partial charge in [-0.05, 0) is 19.1 Å². The minimum atomic E-state index is -1.33. The van der Waals surface area contributed by atoms with Gasteiger partial charge in [0.05, 0.1) is 5.97 Å². The number of hydrogen-bond acceptors (Lipinski definition) is 7. The second kappa shape index (κ2) is 8.99. The Hall–Kier alpha value is -3.14. The fraction of sp³-hybridized carbons (Fsp3) is 0.235. The van der Waals surface area contributed by atoms with Crippen LogP contribution in [-0.2, 0) is 9.59 Å². The molecule has 10 heteroatoms. The van der Waals surface area contributed by atoms with Gasteiger partial charge in [-0.25, -0.2) is 4.98 Å². The fourth-order valence-corrected chi connectivity index (χ4v) is 2.65. The van der Waals surface area contributed by atoms with Crippen LogP contribution in [0.5, 0.6) is 0 Å². The third-order valence-electron chi connectivity index (χ3n) is 3.37. The number of carboxylic acids is 1. The van der Waals surface area contributed by atoms with Crippen molar-refractivity contribution in [2.45, 2.75) is 30.7 Å². The Balaban J connectivity index is 2.39. The summed E-state index contributed by atoms with van der Waals surface area (Å²) >= 11 is 0.746. The Morgan fingerprint density at radius 3 is 2.48 bits per heavy atom. The highest BCUT2D eigenvalue weighted by atomic mass is 32.2. The zero-order valence-corrected chi connectivity index (χ0v) is 15.4. The summed E-state index contributed by atoms with van der Waals surface area (Å²) in [5.41, 5.74) is -0.654. The van der Waals surface area contributed by atoms with Crippen molar-refractivity contribution >= 4 is 41.1 Å². The molecule has 1 aromatic heterocycles. The minimum absolute atomic E-state index is 0.0270. The quantitative estimate of drug-likeness (QED) is 0.464. The summed E-state index contributed by atoms with van der Waals surface area (Å²) in [4.78, 5) is 53.8. The van der Waals surface area contributed by atoms with Gasteiger partial charge >= 0.3 is 0 Å². The third-order valence-corrected chi connectivity index (χ3v) is 4.33. The second-order valence-corrected chi connectivity index (χ2v) is 6.73. The van der Waals surface area contributed by atoms with Crippen molar-refractivity contribution in [3.05, 3.63) is 46.2 Å². The number of benzene rings is 1. The van der Waals surface area contributed by atoms with Crippen LogP contribution in [0.3, 0.4) is 0 Å². The van der Waals surface area contributed by atoms with E-state index < -0.39 is 28.6 Å². The monoisotopic (exact) mass is 389 g/mol. The minimum Gasteiger partial charge on any atom is -0.549 e. The Bertz CT molecular complexity index is 913. The number of aliphatic carboxylic acids is 1. The van der Waals surface area contributed by atoms with Gasteiger partial charge in [0.25, 0.3) is 11.5 Å². The summed E-state index contributed by atoms with van der Waals surface area (Å²) in [5, 5.41) is 14.8. The number of carboxylic acid groups (broad SMARTS) is 1. The van der Waals surface area contributed by atoms with E-state index in [4.69, 9.17) is 0 Å². The predicted octanol–water partition coefficient (Wildman–Crippen LogP) is 0.601. The molecule has 0 saturated carbocycles. The van der Waals surface area contributed by atoms with Crippen LogP contribution in [-0.4, -0.2) is 33.0 Å². The molecule has 142 valence electrons. The molecule has 3 N–H and O–H groups in total. The van der Waals surface area contributed by atoms with E-state index in [1.807, 2.05) is 0 Å². The van der Waals surface area contributed by atoms with Crippen LogP contribution >= 0.6 is 11.8 Å². The molecule has 0 saturated heterocycles. The zero-order valence-electron chi connectivity index (χ0n) is 14.6. The number of nitrogens with one attached hydrogen (secondary N) is 3. The maximum Gasteiger partial charge on any atom is 0.277 e. The number of thioether (sulfide) groups is 1. The van der Waals surface area contributed by atoms with E-state index in [1.54, 1.807) is 37.3 Å². The smallest absolute Gasteiger partial charge is 0.277 e. The number of nitrogens with zero attached hydrogens (tertiary/aromatic N) is 1. The fourth-order valence-electron chi connectivity index (χ4n) is 1.93. The van der Waals surface area contributed by atoms with Crippen molar-refractivity contribution in [1.29, 1.82) is 0 Å². The highest BCUT2D eigenvalue weighted by molar-refractivity contribution is 8.00. The summed E-state index contributed by atoms with van der Waals surface area (Å²) < 4.78 is 0. The normalized spacial score (nSPS) is 11.5. The van der Waals surface area contributed by atoms with Gasteiger partial charge in [0.15, 0.2) is 16.7 Å². The number of aromatic nitrogens is 2. The number of carbonyl (C=O) groups excluding carboxylic acids is 3. The lowest BCUT2D eigenvalue weighted by molar-refractivity contribution is -0.304. The molecule has 2 rings (SSSR count). The van der Waals surface area contributed by atoms with Crippen molar-refractivity contribution in [3.8, 4) is 0 Å². The highest BCUT2D eigenvalue weighted by Crippen LogP contribution is 2.23. The average Bonchev–Trinajstić information content (AvgIpc) is 2.64. The van der Waals surface area contributed by atoms with Crippen molar-refractivity contribution in [1.82, 2.24) is 9.97 Å². The third kappa shape index (κ3) is 5.42. The lowest BCUT2D eigenvalue weighted by atomic mass is 10.2. The molecule has 1 atom stereocenters. The van der Waals surface area contributed by atoms with Crippen LogP contribution in [0.1, 0.15) is 30.6 Å². The molecule has 27 heavy (non-hydrogen) atoms. The van der Waals surface area contributed by atoms with Gasteiger partial charge in [0.1, 0.15) is 0 Å². The second-order valence-electron chi connectivity index (χ2n) is 5.40. The number of rotatable bonds is 7. The van der Waals surface area contributed by atoms with E-state index in [0.717, 1.165) is 11.8 Å². The van der Waals surface area contributed by atoms with Crippen LogP contribution in [0.15, 0.2) is 40.3 Å². The van der Waals surface area contributed by atoms with Crippen molar-refractivity contribution in [2.75, 3.05) is 10.6 Å². The van der Waals surface area contributed by atoms with Crippen LogP contribution in [0.4, 0.5) is 11.5 Å². The van der Waals surface area contributed by atoms with E-state index in [1.165, 1.54) is 6.92 Å². The van der Waals surface area contributed by atoms with Gasteiger partial charge in [-0.1, -0.05) is 36.9 Å². The molecule has 0 unspecified atom stereocenters. The Morgan fingerprint density at radius 1 is 1.22 bits per heavy atom. The summed E-state index contributed by atoms with van der Waals surface area (Å²) in [7, 11) is 0. The van der Waals surface area contributed by atoms with E-state index in [0.29, 0.717) is 5.56 Å². The van der Waals surface area contributed by atoms with E-state index >= 15 is 0 Å². The number of H-pyrrole nitrogens is 1. The largest absolute Gasteiger partial charge is 0.549 e. The average molecular weight is 389 g/mol. The molecule has 2 aromatic rings. The number of anilines is 2. The van der Waals surface area contributed by atoms with Gasteiger partial charge in [-0.15, -0.1) is 0 Å². The first-order chi connectivity index (χ1) is 12.8. The molecule has 0 aliphatic rings. The van der Waals surface area contributed by atoms with Gasteiger partial charge < -0.3 is 20.5 Å². The molecular weight excluding hydrogens is 372 g/mol. The van der Waals surface area contributed by atoms with Crippen molar-refractivity contribution in [3.63, 3.8) is 0 Å². The molecule has 0 aliphatic heterocycles. The molecule has 9 nitrogen and oxygen atoms in total. The summed E-state index contributed by atoms with van der Waals surface area (Å²) in [6, 6.07) is 8.19. The molecular formula is C17H17N4O5S-. The Kier molecular flexibility index (Phi) is 6.72. The molecule has 0 spiro atoms. The maximum absolute atomic E-state index is 12.4. The van der Waals surface area contributed by atoms with Gasteiger partial charge in [0.2, 0.25) is 5.91 Å². The maximum atomic E-state index is 12.4. The number of aromatic amines is 1. The number of hydrogen-bond donors (Lipinski definition) is 3. The molecule has 2 amide bonds. The number of carbonyl (C=O) groups is 3. The molecule has 1 heterocycles. The molecule has 0 fully saturated rings. The summed E-state index contributed by atoms with van der Waals surface area (Å²) in [6.07, 6.45) is 0.123. The topological polar surface area (TPSA) is 144 Å². The van der Waals surface area contributed by atoms with Crippen LogP contribution < -0.4 is 21.3 Å². The first kappa shape index (κ1) is 20.2. The predicted molar refractivity (Wildman–Crippen MR) is 98.5 cm³/mol. The lowest BCUT2D eigenvalue weighted by Gasteiger charge is -2.14. The van der Waals surface area contributed by atoms with Crippen molar-refractivity contribution < 1.29 is 19.5 Å². The highest BCUT2D eigenvalue weighted by Gasteiger charge is 2.18. The molecule has 0 bridgehead atoms. The van der Waals surface area contributed by atoms with Gasteiger partial charge in [-0.3, -0.25) is 19.4 Å². The van der Waals surface area contributed by atoms with E-state index in [9.17, 15) is 24.3 Å². The van der Waals surface area contributed by atoms with Gasteiger partial charge in [0, 0.05) is 17.2 Å². The lowest BCUT2D eigenvalue weighted by Crippen LogP contribution is -2.32.